The molecule has 140 valence electrons. The van der Waals surface area contributed by atoms with E-state index in [-0.39, 0.29) is 6.03 Å². The van der Waals surface area contributed by atoms with E-state index in [4.69, 9.17) is 0 Å². The third-order valence-corrected chi connectivity index (χ3v) is 4.56. The summed E-state index contributed by atoms with van der Waals surface area (Å²) in [5.74, 6) is 0. The number of amides is 2. The van der Waals surface area contributed by atoms with E-state index in [0.717, 1.165) is 22.2 Å². The number of aromatic nitrogens is 3. The number of nitrogens with zero attached hydrogens (tertiary/aromatic N) is 3. The number of carbonyl (C=O) groups is 1. The van der Waals surface area contributed by atoms with Crippen molar-refractivity contribution in [2.75, 3.05) is 6.54 Å². The Morgan fingerprint density at radius 1 is 0.929 bits per heavy atom. The van der Waals surface area contributed by atoms with Crippen LogP contribution in [0.1, 0.15) is 5.56 Å². The molecule has 0 bridgehead atoms. The van der Waals surface area contributed by atoms with Crippen LogP contribution in [0.3, 0.4) is 0 Å². The molecule has 0 saturated heterocycles. The van der Waals surface area contributed by atoms with Gasteiger partial charge in [-0.2, -0.15) is 5.10 Å². The fourth-order valence-corrected chi connectivity index (χ4v) is 3.13. The number of hydrogen-bond acceptors (Lipinski definition) is 3. The SMILES string of the molecule is O=C(NCCn1ccc(-c2ccncc2)n1)NCc1cccc2ccccc12. The summed E-state index contributed by atoms with van der Waals surface area (Å²) in [6.45, 7) is 1.59. The first-order valence-electron chi connectivity index (χ1n) is 9.22. The zero-order valence-electron chi connectivity index (χ0n) is 15.4. The van der Waals surface area contributed by atoms with Crippen LogP contribution >= 0.6 is 0 Å². The number of hydrogen-bond donors (Lipinski definition) is 2. The first-order valence-corrected chi connectivity index (χ1v) is 9.22. The van der Waals surface area contributed by atoms with Gasteiger partial charge in [-0.1, -0.05) is 42.5 Å². The largest absolute Gasteiger partial charge is 0.336 e. The van der Waals surface area contributed by atoms with Crippen molar-refractivity contribution < 1.29 is 4.79 Å². The van der Waals surface area contributed by atoms with Crippen molar-refractivity contribution >= 4 is 16.8 Å². The van der Waals surface area contributed by atoms with E-state index in [1.54, 1.807) is 12.4 Å². The van der Waals surface area contributed by atoms with Gasteiger partial charge in [-0.3, -0.25) is 9.67 Å². The average molecular weight is 371 g/mol. The summed E-state index contributed by atoms with van der Waals surface area (Å²) in [6, 6.07) is 19.9. The monoisotopic (exact) mass is 371 g/mol. The Hall–Kier alpha value is -3.67. The molecule has 4 aromatic rings. The first-order chi connectivity index (χ1) is 13.8. The Morgan fingerprint density at radius 2 is 1.75 bits per heavy atom. The van der Waals surface area contributed by atoms with Gasteiger partial charge in [-0.15, -0.1) is 0 Å². The minimum Gasteiger partial charge on any atom is -0.336 e. The van der Waals surface area contributed by atoms with E-state index in [1.165, 1.54) is 5.39 Å². The van der Waals surface area contributed by atoms with Crippen molar-refractivity contribution in [2.24, 2.45) is 0 Å². The summed E-state index contributed by atoms with van der Waals surface area (Å²) < 4.78 is 1.82. The molecular weight excluding hydrogens is 350 g/mol. The molecule has 0 atom stereocenters. The number of pyridine rings is 1. The average Bonchev–Trinajstić information content (AvgIpc) is 3.22. The van der Waals surface area contributed by atoms with Gasteiger partial charge < -0.3 is 10.6 Å². The predicted molar refractivity (Wildman–Crippen MR) is 110 cm³/mol. The maximum atomic E-state index is 12.1. The number of urea groups is 1. The van der Waals surface area contributed by atoms with Crippen LogP contribution in [0.4, 0.5) is 4.79 Å². The second kappa shape index (κ2) is 8.35. The van der Waals surface area contributed by atoms with E-state index >= 15 is 0 Å². The van der Waals surface area contributed by atoms with E-state index < -0.39 is 0 Å². The number of rotatable bonds is 6. The van der Waals surface area contributed by atoms with Crippen LogP contribution in [0.5, 0.6) is 0 Å². The van der Waals surface area contributed by atoms with Crippen molar-refractivity contribution in [3.63, 3.8) is 0 Å². The predicted octanol–water partition coefficient (Wildman–Crippen LogP) is 3.60. The number of fused-ring (bicyclic) bond motifs is 1. The molecule has 0 unspecified atom stereocenters. The Bertz CT molecular complexity index is 1070. The highest BCUT2D eigenvalue weighted by molar-refractivity contribution is 5.86. The Labute approximate surface area is 163 Å². The number of carbonyl (C=O) groups excluding carboxylic acids is 1. The van der Waals surface area contributed by atoms with Crippen LogP contribution in [-0.2, 0) is 13.1 Å². The molecule has 6 nitrogen and oxygen atoms in total. The van der Waals surface area contributed by atoms with Crippen LogP contribution in [-0.4, -0.2) is 27.3 Å². The molecular formula is C22H21N5O. The van der Waals surface area contributed by atoms with Gasteiger partial charge in [0.05, 0.1) is 12.2 Å². The summed E-state index contributed by atoms with van der Waals surface area (Å²) in [6.07, 6.45) is 5.40. The Kier molecular flexibility index (Phi) is 5.29. The molecule has 4 rings (SSSR count). The molecule has 28 heavy (non-hydrogen) atoms. The third-order valence-electron chi connectivity index (χ3n) is 4.56. The number of benzene rings is 2. The first kappa shape index (κ1) is 17.7. The molecule has 2 aromatic carbocycles. The van der Waals surface area contributed by atoms with Gasteiger partial charge in [0.2, 0.25) is 0 Å². The van der Waals surface area contributed by atoms with Crippen molar-refractivity contribution in [1.29, 1.82) is 0 Å². The van der Waals surface area contributed by atoms with Crippen LogP contribution in [0, 0.1) is 0 Å². The Balaban J connectivity index is 1.27. The lowest BCUT2D eigenvalue weighted by atomic mass is 10.0. The van der Waals surface area contributed by atoms with Crippen molar-refractivity contribution in [3.8, 4) is 11.3 Å². The molecule has 2 amide bonds. The molecule has 0 aliphatic heterocycles. The highest BCUT2D eigenvalue weighted by atomic mass is 16.2. The lowest BCUT2D eigenvalue weighted by Crippen LogP contribution is -2.36. The standard InChI is InChI=1S/C22H21N5O/c28-22(25-16-19-6-3-5-17-4-1-2-7-20(17)19)24-13-15-27-14-10-21(26-27)18-8-11-23-12-9-18/h1-12,14H,13,15-16H2,(H2,24,25,28). The summed E-state index contributed by atoms with van der Waals surface area (Å²) >= 11 is 0. The van der Waals surface area contributed by atoms with Gasteiger partial charge >= 0.3 is 6.03 Å². The van der Waals surface area contributed by atoms with Crippen molar-refractivity contribution in [1.82, 2.24) is 25.4 Å². The zero-order chi connectivity index (χ0) is 19.2. The van der Waals surface area contributed by atoms with Gasteiger partial charge in [0.15, 0.2) is 0 Å². The molecule has 0 radical (unpaired) electrons. The minimum absolute atomic E-state index is 0.186. The van der Waals surface area contributed by atoms with Crippen LogP contribution < -0.4 is 10.6 Å². The number of nitrogens with one attached hydrogen (secondary N) is 2. The van der Waals surface area contributed by atoms with E-state index in [2.05, 4.69) is 38.9 Å². The molecule has 0 saturated carbocycles. The van der Waals surface area contributed by atoms with Gasteiger partial charge in [0, 0.05) is 37.2 Å². The van der Waals surface area contributed by atoms with E-state index in [0.29, 0.717) is 19.6 Å². The maximum Gasteiger partial charge on any atom is 0.315 e. The second-order valence-electron chi connectivity index (χ2n) is 6.45. The lowest BCUT2D eigenvalue weighted by molar-refractivity contribution is 0.240. The highest BCUT2D eigenvalue weighted by Gasteiger charge is 2.05. The normalized spacial score (nSPS) is 10.7. The van der Waals surface area contributed by atoms with Crippen LogP contribution in [0.2, 0.25) is 0 Å². The lowest BCUT2D eigenvalue weighted by Gasteiger charge is -2.10. The Morgan fingerprint density at radius 3 is 2.64 bits per heavy atom. The fourth-order valence-electron chi connectivity index (χ4n) is 3.13. The van der Waals surface area contributed by atoms with E-state index in [9.17, 15) is 4.79 Å². The van der Waals surface area contributed by atoms with Gasteiger partial charge in [0.25, 0.3) is 0 Å². The molecule has 0 fully saturated rings. The quantitative estimate of drug-likeness (QED) is 0.544. The summed E-state index contributed by atoms with van der Waals surface area (Å²) in [4.78, 5) is 16.1. The highest BCUT2D eigenvalue weighted by Crippen LogP contribution is 2.18. The van der Waals surface area contributed by atoms with Gasteiger partial charge in [0.1, 0.15) is 0 Å². The summed E-state index contributed by atoms with van der Waals surface area (Å²) in [5.41, 5.74) is 3.01. The van der Waals surface area contributed by atoms with Crippen molar-refractivity contribution in [3.05, 3.63) is 84.8 Å². The molecule has 2 heterocycles. The van der Waals surface area contributed by atoms with E-state index in [1.807, 2.05) is 53.3 Å². The molecule has 0 spiro atoms. The summed E-state index contributed by atoms with van der Waals surface area (Å²) in [5, 5.41) is 12.7. The van der Waals surface area contributed by atoms with Gasteiger partial charge in [-0.05, 0) is 34.5 Å². The summed E-state index contributed by atoms with van der Waals surface area (Å²) in [7, 11) is 0. The molecule has 0 aliphatic carbocycles. The minimum atomic E-state index is -0.186. The van der Waals surface area contributed by atoms with Crippen LogP contribution in [0.25, 0.3) is 22.0 Å². The third kappa shape index (κ3) is 4.17. The topological polar surface area (TPSA) is 71.8 Å². The molecule has 2 N–H and O–H groups in total. The van der Waals surface area contributed by atoms with Crippen LogP contribution in [0.15, 0.2) is 79.3 Å². The zero-order valence-corrected chi connectivity index (χ0v) is 15.4. The second-order valence-corrected chi connectivity index (χ2v) is 6.45. The molecule has 6 heteroatoms. The van der Waals surface area contributed by atoms with Crippen molar-refractivity contribution in [2.45, 2.75) is 13.1 Å². The maximum absolute atomic E-state index is 12.1. The molecule has 0 aliphatic rings. The van der Waals surface area contributed by atoms with Gasteiger partial charge in [-0.25, -0.2) is 4.79 Å². The fraction of sp³-hybridized carbons (Fsp3) is 0.136. The smallest absolute Gasteiger partial charge is 0.315 e. The molecule has 2 aromatic heterocycles.